The van der Waals surface area contributed by atoms with E-state index in [9.17, 15) is 9.90 Å². The fourth-order valence-corrected chi connectivity index (χ4v) is 5.63. The third kappa shape index (κ3) is 5.85. The third-order valence-electron chi connectivity index (χ3n) is 7.19. The molecule has 0 radical (unpaired) electrons. The summed E-state index contributed by atoms with van der Waals surface area (Å²) >= 11 is 0. The molecule has 5 rings (SSSR count). The second-order valence-electron chi connectivity index (χ2n) is 9.92. The lowest BCUT2D eigenvalue weighted by Crippen LogP contribution is -2.60. The molecule has 2 heterocycles. The van der Waals surface area contributed by atoms with Crippen LogP contribution < -0.4 is 4.74 Å². The Labute approximate surface area is 207 Å². The van der Waals surface area contributed by atoms with E-state index in [4.69, 9.17) is 9.47 Å². The zero-order valence-electron chi connectivity index (χ0n) is 20.0. The van der Waals surface area contributed by atoms with E-state index < -0.39 is 5.60 Å². The first kappa shape index (κ1) is 23.4. The molecule has 0 aromatic heterocycles. The third-order valence-corrected chi connectivity index (χ3v) is 7.19. The summed E-state index contributed by atoms with van der Waals surface area (Å²) in [5.74, 6) is 0.803. The van der Waals surface area contributed by atoms with E-state index in [2.05, 4.69) is 0 Å². The number of carbonyl (C=O) groups is 1. The van der Waals surface area contributed by atoms with Gasteiger partial charge in [0, 0.05) is 18.5 Å². The molecule has 0 spiro atoms. The Morgan fingerprint density at radius 1 is 0.829 bits per heavy atom. The van der Waals surface area contributed by atoms with Crippen molar-refractivity contribution in [1.29, 1.82) is 0 Å². The molecule has 5 nitrogen and oxygen atoms in total. The van der Waals surface area contributed by atoms with Crippen LogP contribution in [0.5, 0.6) is 5.75 Å². The first-order chi connectivity index (χ1) is 17.1. The minimum Gasteiger partial charge on any atom is -0.489 e. The fraction of sp³-hybridized carbons (Fsp3) is 0.367. The number of ether oxygens (including phenoxy) is 2. The molecular formula is C30H33NO4. The summed E-state index contributed by atoms with van der Waals surface area (Å²) in [6.07, 6.45) is 4.31. The molecule has 35 heavy (non-hydrogen) atoms. The van der Waals surface area contributed by atoms with E-state index in [-0.39, 0.29) is 24.8 Å². The van der Waals surface area contributed by atoms with Crippen LogP contribution in [0.3, 0.4) is 0 Å². The molecule has 182 valence electrons. The minimum absolute atomic E-state index is 0.00767. The number of nitrogens with zero attached hydrogens (tertiary/aromatic N) is 1. The van der Waals surface area contributed by atoms with E-state index >= 15 is 0 Å². The molecule has 1 N–H and O–H groups in total. The van der Waals surface area contributed by atoms with Crippen LogP contribution in [-0.2, 0) is 24.4 Å². The average molecular weight is 472 g/mol. The second-order valence-corrected chi connectivity index (χ2v) is 9.92. The summed E-state index contributed by atoms with van der Waals surface area (Å²) in [6, 6.07) is 27.9. The Bertz CT molecular complexity index is 1100. The zero-order chi connectivity index (χ0) is 24.1. The number of amides is 1. The van der Waals surface area contributed by atoms with E-state index in [1.165, 1.54) is 0 Å². The highest BCUT2D eigenvalue weighted by Crippen LogP contribution is 2.41. The van der Waals surface area contributed by atoms with Gasteiger partial charge in [-0.1, -0.05) is 72.8 Å². The van der Waals surface area contributed by atoms with Gasteiger partial charge in [0.15, 0.2) is 0 Å². The maximum atomic E-state index is 13.0. The van der Waals surface area contributed by atoms with Gasteiger partial charge in [-0.25, -0.2) is 4.79 Å². The smallest absolute Gasteiger partial charge is 0.410 e. The van der Waals surface area contributed by atoms with Crippen LogP contribution in [0.1, 0.15) is 48.8 Å². The molecule has 2 saturated heterocycles. The van der Waals surface area contributed by atoms with E-state index in [0.29, 0.717) is 25.9 Å². The molecule has 2 bridgehead atoms. The van der Waals surface area contributed by atoms with Gasteiger partial charge < -0.3 is 19.5 Å². The van der Waals surface area contributed by atoms with Crippen LogP contribution in [0.15, 0.2) is 84.9 Å². The van der Waals surface area contributed by atoms with Gasteiger partial charge in [-0.3, -0.25) is 0 Å². The SMILES string of the molecule is O=C(OCc1ccccc1)N1C2CCCC1CC(O)(Cc1cccc(OCc3ccccc3)c1)C2. The van der Waals surface area contributed by atoms with Crippen LogP contribution in [-0.4, -0.2) is 33.8 Å². The van der Waals surface area contributed by atoms with Crippen molar-refractivity contribution in [3.05, 3.63) is 102 Å². The van der Waals surface area contributed by atoms with Crippen LogP contribution in [0, 0.1) is 0 Å². The topological polar surface area (TPSA) is 59.0 Å². The van der Waals surface area contributed by atoms with Gasteiger partial charge in [0.05, 0.1) is 5.60 Å². The molecule has 3 aromatic rings. The van der Waals surface area contributed by atoms with Gasteiger partial charge in [-0.05, 0) is 60.9 Å². The highest BCUT2D eigenvalue weighted by molar-refractivity contribution is 5.69. The number of hydrogen-bond donors (Lipinski definition) is 1. The first-order valence-corrected chi connectivity index (χ1v) is 12.6. The number of fused-ring (bicyclic) bond motifs is 2. The van der Waals surface area contributed by atoms with E-state index in [1.54, 1.807) is 0 Å². The Hall–Kier alpha value is -3.31. The van der Waals surface area contributed by atoms with Crippen molar-refractivity contribution in [2.24, 2.45) is 0 Å². The largest absolute Gasteiger partial charge is 0.489 e. The van der Waals surface area contributed by atoms with Gasteiger partial charge in [0.25, 0.3) is 0 Å². The number of hydrogen-bond acceptors (Lipinski definition) is 4. The lowest BCUT2D eigenvalue weighted by Gasteiger charge is -2.51. The Morgan fingerprint density at radius 3 is 2.09 bits per heavy atom. The molecule has 0 saturated carbocycles. The highest BCUT2D eigenvalue weighted by Gasteiger charge is 2.47. The molecule has 2 aliphatic rings. The van der Waals surface area contributed by atoms with Gasteiger partial charge in [0.2, 0.25) is 0 Å². The van der Waals surface area contributed by atoms with Crippen molar-refractivity contribution < 1.29 is 19.4 Å². The normalized spacial score (nSPS) is 23.5. The summed E-state index contributed by atoms with van der Waals surface area (Å²) < 4.78 is 11.6. The van der Waals surface area contributed by atoms with Crippen LogP contribution in [0.25, 0.3) is 0 Å². The fourth-order valence-electron chi connectivity index (χ4n) is 5.63. The number of benzene rings is 3. The molecule has 0 aliphatic carbocycles. The molecular weight excluding hydrogens is 438 g/mol. The maximum Gasteiger partial charge on any atom is 0.410 e. The lowest BCUT2D eigenvalue weighted by molar-refractivity contribution is -0.0846. The van der Waals surface area contributed by atoms with Gasteiger partial charge in [-0.15, -0.1) is 0 Å². The number of aliphatic hydroxyl groups is 1. The Balaban J connectivity index is 1.21. The zero-order valence-corrected chi connectivity index (χ0v) is 20.0. The molecule has 5 heteroatoms. The van der Waals surface area contributed by atoms with Crippen LogP contribution >= 0.6 is 0 Å². The van der Waals surface area contributed by atoms with Crippen LogP contribution in [0.4, 0.5) is 4.79 Å². The molecule has 2 aliphatic heterocycles. The standard InChI is InChI=1S/C30H33NO4/c32-29(35-22-24-11-5-2-6-12-24)31-26-14-8-15-27(31)20-30(33,19-26)18-25-13-7-16-28(17-25)34-21-23-9-3-1-4-10-23/h1-7,9-13,16-17,26-27,33H,8,14-15,18-22H2. The lowest BCUT2D eigenvalue weighted by atomic mass is 9.73. The molecule has 2 fully saturated rings. The minimum atomic E-state index is -0.843. The van der Waals surface area contributed by atoms with Crippen molar-refractivity contribution in [3.63, 3.8) is 0 Å². The Kier molecular flexibility index (Phi) is 7.05. The van der Waals surface area contributed by atoms with Crippen molar-refractivity contribution in [1.82, 2.24) is 4.90 Å². The molecule has 2 unspecified atom stereocenters. The van der Waals surface area contributed by atoms with Gasteiger partial charge >= 0.3 is 6.09 Å². The second kappa shape index (κ2) is 10.5. The predicted octanol–water partition coefficient (Wildman–Crippen LogP) is 5.89. The quantitative estimate of drug-likeness (QED) is 0.467. The van der Waals surface area contributed by atoms with Crippen molar-refractivity contribution in [2.75, 3.05) is 0 Å². The average Bonchev–Trinajstić information content (AvgIpc) is 2.87. The van der Waals surface area contributed by atoms with Crippen molar-refractivity contribution in [3.8, 4) is 5.75 Å². The monoisotopic (exact) mass is 471 g/mol. The summed E-state index contributed by atoms with van der Waals surface area (Å²) in [6.45, 7) is 0.786. The predicted molar refractivity (Wildman–Crippen MR) is 135 cm³/mol. The maximum absolute atomic E-state index is 13.0. The number of piperidine rings is 2. The van der Waals surface area contributed by atoms with Gasteiger partial charge in [0.1, 0.15) is 19.0 Å². The Morgan fingerprint density at radius 2 is 1.43 bits per heavy atom. The van der Waals surface area contributed by atoms with Crippen molar-refractivity contribution in [2.45, 2.75) is 69.4 Å². The summed E-state index contributed by atoms with van der Waals surface area (Å²) in [5.41, 5.74) is 2.31. The molecule has 1 amide bonds. The van der Waals surface area contributed by atoms with E-state index in [0.717, 1.165) is 41.7 Å². The van der Waals surface area contributed by atoms with E-state index in [1.807, 2.05) is 89.8 Å². The number of rotatable bonds is 7. The molecule has 3 aromatic carbocycles. The van der Waals surface area contributed by atoms with Gasteiger partial charge in [-0.2, -0.15) is 0 Å². The summed E-state index contributed by atoms with van der Waals surface area (Å²) in [7, 11) is 0. The van der Waals surface area contributed by atoms with Crippen molar-refractivity contribution >= 4 is 6.09 Å². The summed E-state index contributed by atoms with van der Waals surface area (Å²) in [4.78, 5) is 14.9. The highest BCUT2D eigenvalue weighted by atomic mass is 16.6. The molecule has 2 atom stereocenters. The number of carbonyl (C=O) groups excluding carboxylic acids is 1. The summed E-state index contributed by atoms with van der Waals surface area (Å²) in [5, 5.41) is 11.6. The first-order valence-electron chi connectivity index (χ1n) is 12.6. The van der Waals surface area contributed by atoms with Crippen LogP contribution in [0.2, 0.25) is 0 Å².